The monoisotopic (exact) mass is 397 g/mol. The lowest BCUT2D eigenvalue weighted by Crippen LogP contribution is -2.05. The maximum Gasteiger partial charge on any atom is 0.355 e. The molecule has 0 amide bonds. The summed E-state index contributed by atoms with van der Waals surface area (Å²) in [6.45, 7) is 3.94. The number of carbonyl (C=O) groups excluding carboxylic acids is 1. The van der Waals surface area contributed by atoms with E-state index in [1.54, 1.807) is 34.3 Å². The van der Waals surface area contributed by atoms with E-state index >= 15 is 0 Å². The van der Waals surface area contributed by atoms with Gasteiger partial charge in [0.25, 0.3) is 0 Å². The van der Waals surface area contributed by atoms with Crippen molar-refractivity contribution in [3.8, 4) is 28.4 Å². The minimum Gasteiger partial charge on any atom is -0.493 e. The average molecular weight is 398 g/mol. The van der Waals surface area contributed by atoms with Gasteiger partial charge in [0.15, 0.2) is 11.5 Å². The number of methoxy groups -OCH3 is 3. The van der Waals surface area contributed by atoms with Crippen molar-refractivity contribution in [2.75, 3.05) is 27.9 Å². The molecule has 0 saturated heterocycles. The molecule has 24 heavy (non-hydrogen) atoms. The predicted octanol–water partition coefficient (Wildman–Crippen LogP) is 3.96. The number of aryl methyl sites for hydroxylation is 1. The summed E-state index contributed by atoms with van der Waals surface area (Å²) in [5.74, 6) is 1.16. The lowest BCUT2D eigenvalue weighted by molar-refractivity contribution is 0.0519. The third kappa shape index (κ3) is 3.08. The highest BCUT2D eigenvalue weighted by atomic mass is 79.9. The predicted molar refractivity (Wildman–Crippen MR) is 94.3 cm³/mol. The fourth-order valence-corrected chi connectivity index (χ4v) is 3.33. The number of nitrogens with one attached hydrogen (secondary N) is 1. The molecule has 0 spiro atoms. The smallest absolute Gasteiger partial charge is 0.355 e. The first-order valence-electron chi connectivity index (χ1n) is 7.34. The lowest BCUT2D eigenvalue weighted by atomic mass is 10.0. The number of rotatable bonds is 6. The Bertz CT molecular complexity index is 754. The molecular formula is C17H20BrNO5. The minimum absolute atomic E-state index is 0.304. The zero-order valence-electron chi connectivity index (χ0n) is 14.3. The fraction of sp³-hybridized carbons (Fsp3) is 0.353. The SMILES string of the molecule is CCOC(=O)c1[nH]c(C)c(-c2ccc(OC)c(OC)c2OC)c1Br. The van der Waals surface area contributed by atoms with Crippen LogP contribution in [0.25, 0.3) is 11.1 Å². The van der Waals surface area contributed by atoms with E-state index < -0.39 is 5.97 Å². The van der Waals surface area contributed by atoms with Gasteiger partial charge >= 0.3 is 5.97 Å². The maximum atomic E-state index is 12.1. The second-order valence-electron chi connectivity index (χ2n) is 4.92. The molecule has 2 rings (SSSR count). The molecule has 0 fully saturated rings. The van der Waals surface area contributed by atoms with Gasteiger partial charge in [-0.1, -0.05) is 0 Å². The van der Waals surface area contributed by atoms with Crippen molar-refractivity contribution in [2.45, 2.75) is 13.8 Å². The van der Waals surface area contributed by atoms with Crippen LogP contribution < -0.4 is 14.2 Å². The number of carbonyl (C=O) groups is 1. The number of hydrogen-bond donors (Lipinski definition) is 1. The van der Waals surface area contributed by atoms with Gasteiger partial charge in [0, 0.05) is 16.8 Å². The first-order chi connectivity index (χ1) is 11.5. The number of halogens is 1. The second-order valence-corrected chi connectivity index (χ2v) is 5.71. The van der Waals surface area contributed by atoms with Crippen LogP contribution in [-0.2, 0) is 4.74 Å². The molecular weight excluding hydrogens is 378 g/mol. The molecule has 0 unspecified atom stereocenters. The minimum atomic E-state index is -0.418. The summed E-state index contributed by atoms with van der Waals surface area (Å²) in [5, 5.41) is 0. The normalized spacial score (nSPS) is 10.4. The zero-order chi connectivity index (χ0) is 17.9. The van der Waals surface area contributed by atoms with Crippen LogP contribution in [0.1, 0.15) is 23.1 Å². The number of aromatic nitrogens is 1. The summed E-state index contributed by atoms with van der Waals surface area (Å²) in [4.78, 5) is 15.1. The van der Waals surface area contributed by atoms with E-state index in [1.807, 2.05) is 13.0 Å². The molecule has 1 aromatic heterocycles. The van der Waals surface area contributed by atoms with Crippen molar-refractivity contribution in [1.82, 2.24) is 4.98 Å². The van der Waals surface area contributed by atoms with Crippen LogP contribution in [0.5, 0.6) is 17.2 Å². The van der Waals surface area contributed by atoms with Gasteiger partial charge in [-0.25, -0.2) is 4.79 Å². The number of benzene rings is 1. The number of H-pyrrole nitrogens is 1. The van der Waals surface area contributed by atoms with E-state index in [4.69, 9.17) is 18.9 Å². The Hall–Kier alpha value is -2.15. The molecule has 130 valence electrons. The summed E-state index contributed by atoms with van der Waals surface area (Å²) in [6.07, 6.45) is 0. The molecule has 0 atom stereocenters. The largest absolute Gasteiger partial charge is 0.493 e. The molecule has 1 aromatic carbocycles. The molecule has 1 heterocycles. The molecule has 2 aromatic rings. The van der Waals surface area contributed by atoms with Crippen molar-refractivity contribution < 1.29 is 23.7 Å². The number of esters is 1. The number of aromatic amines is 1. The van der Waals surface area contributed by atoms with Gasteiger partial charge in [0.05, 0.1) is 32.4 Å². The molecule has 0 saturated carbocycles. The Morgan fingerprint density at radius 3 is 2.33 bits per heavy atom. The van der Waals surface area contributed by atoms with Gasteiger partial charge in [0.2, 0.25) is 5.75 Å². The molecule has 0 radical (unpaired) electrons. The summed E-state index contributed by atoms with van der Waals surface area (Å²) < 4.78 is 22.0. The van der Waals surface area contributed by atoms with E-state index in [1.165, 1.54) is 0 Å². The Kier molecular flexibility index (Phi) is 5.77. The van der Waals surface area contributed by atoms with Crippen LogP contribution in [0.2, 0.25) is 0 Å². The molecule has 7 heteroatoms. The quantitative estimate of drug-likeness (QED) is 0.747. The lowest BCUT2D eigenvalue weighted by Gasteiger charge is -2.16. The summed E-state index contributed by atoms with van der Waals surface area (Å²) in [7, 11) is 4.67. The standard InChI is InChI=1S/C17H20BrNO5/c1-6-24-17(20)14-13(18)12(9(2)19-14)10-7-8-11(21-3)16(23-5)15(10)22-4/h7-8,19H,6H2,1-5H3. The van der Waals surface area contributed by atoms with Crippen LogP contribution in [0, 0.1) is 6.92 Å². The van der Waals surface area contributed by atoms with E-state index in [9.17, 15) is 4.79 Å². The zero-order valence-corrected chi connectivity index (χ0v) is 15.9. The molecule has 0 aliphatic rings. The van der Waals surface area contributed by atoms with Crippen LogP contribution >= 0.6 is 15.9 Å². The van der Waals surface area contributed by atoms with Crippen LogP contribution in [0.3, 0.4) is 0 Å². The number of hydrogen-bond acceptors (Lipinski definition) is 5. The summed E-state index contributed by atoms with van der Waals surface area (Å²) in [6, 6.07) is 3.65. The highest BCUT2D eigenvalue weighted by Gasteiger charge is 2.25. The molecule has 1 N–H and O–H groups in total. The summed E-state index contributed by atoms with van der Waals surface area (Å²) >= 11 is 3.50. The second kappa shape index (κ2) is 7.61. The van der Waals surface area contributed by atoms with Gasteiger partial charge in [0.1, 0.15) is 5.69 Å². The van der Waals surface area contributed by atoms with Crippen molar-refractivity contribution in [1.29, 1.82) is 0 Å². The van der Waals surface area contributed by atoms with E-state index in [0.29, 0.717) is 34.0 Å². The highest BCUT2D eigenvalue weighted by molar-refractivity contribution is 9.10. The molecule has 0 aliphatic heterocycles. The third-order valence-electron chi connectivity index (χ3n) is 3.58. The van der Waals surface area contributed by atoms with Gasteiger partial charge in [-0.15, -0.1) is 0 Å². The van der Waals surface area contributed by atoms with Crippen LogP contribution in [0.4, 0.5) is 0 Å². The van der Waals surface area contributed by atoms with Crippen LogP contribution in [-0.4, -0.2) is 38.9 Å². The fourth-order valence-electron chi connectivity index (χ4n) is 2.56. The Morgan fingerprint density at radius 2 is 1.79 bits per heavy atom. The van der Waals surface area contributed by atoms with Gasteiger partial charge in [-0.3, -0.25) is 0 Å². The van der Waals surface area contributed by atoms with Crippen molar-refractivity contribution in [3.63, 3.8) is 0 Å². The number of ether oxygens (including phenoxy) is 4. The maximum absolute atomic E-state index is 12.1. The highest BCUT2D eigenvalue weighted by Crippen LogP contribution is 2.47. The van der Waals surface area contributed by atoms with Crippen LogP contribution in [0.15, 0.2) is 16.6 Å². The Balaban J connectivity index is 2.67. The molecule has 0 bridgehead atoms. The molecule has 0 aliphatic carbocycles. The van der Waals surface area contributed by atoms with E-state index in [-0.39, 0.29) is 0 Å². The first kappa shape index (κ1) is 18.2. The van der Waals surface area contributed by atoms with Crippen molar-refractivity contribution in [2.24, 2.45) is 0 Å². The molecule has 6 nitrogen and oxygen atoms in total. The van der Waals surface area contributed by atoms with Gasteiger partial charge < -0.3 is 23.9 Å². The van der Waals surface area contributed by atoms with Gasteiger partial charge in [-0.05, 0) is 41.9 Å². The topological polar surface area (TPSA) is 69.8 Å². The van der Waals surface area contributed by atoms with Crippen molar-refractivity contribution >= 4 is 21.9 Å². The third-order valence-corrected chi connectivity index (χ3v) is 4.37. The van der Waals surface area contributed by atoms with Crippen molar-refractivity contribution in [3.05, 3.63) is 28.0 Å². The Labute approximate surface area is 149 Å². The van der Waals surface area contributed by atoms with Gasteiger partial charge in [-0.2, -0.15) is 0 Å². The van der Waals surface area contributed by atoms with E-state index in [2.05, 4.69) is 20.9 Å². The van der Waals surface area contributed by atoms with E-state index in [0.717, 1.165) is 16.8 Å². The summed E-state index contributed by atoms with van der Waals surface area (Å²) in [5.41, 5.74) is 2.74. The Morgan fingerprint density at radius 1 is 1.12 bits per heavy atom. The average Bonchev–Trinajstić information content (AvgIpc) is 2.88. The first-order valence-corrected chi connectivity index (χ1v) is 8.13.